The van der Waals surface area contributed by atoms with Crippen LogP contribution in [0, 0.1) is 0 Å². The highest BCUT2D eigenvalue weighted by atomic mass is 35.5. The van der Waals surface area contributed by atoms with E-state index in [1.165, 1.54) is 22.0 Å². The van der Waals surface area contributed by atoms with E-state index in [-0.39, 0.29) is 11.1 Å². The van der Waals surface area contributed by atoms with E-state index in [1.807, 2.05) is 24.3 Å². The molecule has 0 fully saturated rings. The Hall–Kier alpha value is -2.51. The summed E-state index contributed by atoms with van der Waals surface area (Å²) in [5.41, 5.74) is 0.751. The summed E-state index contributed by atoms with van der Waals surface area (Å²) < 4.78 is 1.35. The Morgan fingerprint density at radius 1 is 1.25 bits per heavy atom. The Kier molecular flexibility index (Phi) is 4.73. The largest absolute Gasteiger partial charge is 0.318 e. The second kappa shape index (κ2) is 6.94. The number of carbonyl (C=O) groups excluding carboxylic acids is 1. The molecule has 1 N–H and O–H groups in total. The van der Waals surface area contributed by atoms with Crippen molar-refractivity contribution < 1.29 is 4.79 Å². The molecule has 0 aliphatic heterocycles. The monoisotopic (exact) mass is 360 g/mol. The Balaban J connectivity index is 1.71. The molecule has 0 saturated heterocycles. The number of rotatable bonds is 4. The van der Waals surface area contributed by atoms with E-state index in [1.54, 1.807) is 19.3 Å². The van der Waals surface area contributed by atoms with E-state index in [2.05, 4.69) is 15.5 Å². The minimum Gasteiger partial charge on any atom is -0.318 e. The zero-order chi connectivity index (χ0) is 17.1. The predicted molar refractivity (Wildman–Crippen MR) is 93.8 cm³/mol. The summed E-state index contributed by atoms with van der Waals surface area (Å²) in [6.45, 7) is 0. The van der Waals surface area contributed by atoms with Crippen LogP contribution in [-0.4, -0.2) is 20.7 Å². The zero-order valence-electron chi connectivity index (χ0n) is 12.7. The number of carbonyl (C=O) groups is 1. The van der Waals surface area contributed by atoms with E-state index >= 15 is 0 Å². The fourth-order valence-corrected chi connectivity index (χ4v) is 2.98. The predicted octanol–water partition coefficient (Wildman–Crippen LogP) is 2.73. The maximum absolute atomic E-state index is 12.2. The van der Waals surface area contributed by atoms with E-state index in [0.29, 0.717) is 16.6 Å². The molecule has 0 atom stereocenters. The number of aryl methyl sites for hydroxylation is 1. The maximum atomic E-state index is 12.2. The van der Waals surface area contributed by atoms with Gasteiger partial charge in [-0.15, -0.1) is 10.2 Å². The van der Waals surface area contributed by atoms with Crippen molar-refractivity contribution in [2.75, 3.05) is 5.32 Å². The molecule has 0 unspecified atom stereocenters. The summed E-state index contributed by atoms with van der Waals surface area (Å²) in [4.78, 5) is 24.1. The summed E-state index contributed by atoms with van der Waals surface area (Å²) in [5, 5.41) is 12.4. The van der Waals surface area contributed by atoms with Crippen LogP contribution >= 0.6 is 22.9 Å². The van der Waals surface area contributed by atoms with E-state index in [9.17, 15) is 9.59 Å². The van der Waals surface area contributed by atoms with Gasteiger partial charge in [0.25, 0.3) is 11.5 Å². The molecule has 2 aromatic heterocycles. The van der Waals surface area contributed by atoms with Gasteiger partial charge in [0.2, 0.25) is 5.13 Å². The number of amides is 1. The van der Waals surface area contributed by atoms with Gasteiger partial charge < -0.3 is 4.57 Å². The van der Waals surface area contributed by atoms with Gasteiger partial charge in [-0.2, -0.15) is 0 Å². The molecule has 1 amide bonds. The third-order valence-electron chi connectivity index (χ3n) is 3.32. The number of aromatic nitrogens is 3. The second-order valence-corrected chi connectivity index (χ2v) is 6.59. The number of halogens is 1. The van der Waals surface area contributed by atoms with Crippen LogP contribution in [0.15, 0.2) is 47.4 Å². The molecule has 8 heteroatoms. The van der Waals surface area contributed by atoms with Gasteiger partial charge in [-0.25, -0.2) is 0 Å². The van der Waals surface area contributed by atoms with Crippen molar-refractivity contribution in [3.63, 3.8) is 0 Å². The van der Waals surface area contributed by atoms with Gasteiger partial charge in [0.1, 0.15) is 10.6 Å². The summed E-state index contributed by atoms with van der Waals surface area (Å²) >= 11 is 7.13. The highest BCUT2D eigenvalue weighted by Gasteiger charge is 2.14. The number of pyridine rings is 1. The van der Waals surface area contributed by atoms with Gasteiger partial charge in [-0.05, 0) is 29.8 Å². The molecule has 0 aliphatic rings. The molecular formula is C16H13ClN4O2S. The molecule has 1 aromatic carbocycles. The summed E-state index contributed by atoms with van der Waals surface area (Å²) in [6, 6.07) is 10.6. The Morgan fingerprint density at radius 2 is 2.00 bits per heavy atom. The van der Waals surface area contributed by atoms with Crippen molar-refractivity contribution in [1.82, 2.24) is 14.8 Å². The van der Waals surface area contributed by atoms with Crippen LogP contribution in [-0.2, 0) is 13.5 Å². The van der Waals surface area contributed by atoms with Gasteiger partial charge in [-0.1, -0.05) is 35.1 Å². The Morgan fingerprint density at radius 3 is 2.75 bits per heavy atom. The molecule has 0 spiro atoms. The summed E-state index contributed by atoms with van der Waals surface area (Å²) in [6.07, 6.45) is 2.19. The van der Waals surface area contributed by atoms with Gasteiger partial charge in [0.15, 0.2) is 0 Å². The first-order chi connectivity index (χ1) is 11.5. The first kappa shape index (κ1) is 16.4. The van der Waals surface area contributed by atoms with Crippen molar-refractivity contribution in [1.29, 1.82) is 0 Å². The quantitative estimate of drug-likeness (QED) is 0.776. The molecule has 122 valence electrons. The average molecular weight is 361 g/mol. The van der Waals surface area contributed by atoms with Crippen LogP contribution in [0.1, 0.15) is 20.9 Å². The first-order valence-corrected chi connectivity index (χ1v) is 8.26. The van der Waals surface area contributed by atoms with Crippen LogP contribution in [0.4, 0.5) is 5.13 Å². The second-order valence-electron chi connectivity index (χ2n) is 5.10. The minimum atomic E-state index is -0.495. The van der Waals surface area contributed by atoms with E-state index < -0.39 is 5.91 Å². The zero-order valence-corrected chi connectivity index (χ0v) is 14.3. The number of anilines is 1. The fraction of sp³-hybridized carbons (Fsp3) is 0.125. The van der Waals surface area contributed by atoms with Crippen molar-refractivity contribution in [3.05, 3.63) is 74.1 Å². The van der Waals surface area contributed by atoms with Gasteiger partial charge >= 0.3 is 0 Å². The molecule has 0 aliphatic carbocycles. The Bertz CT molecular complexity index is 934. The molecular weight excluding hydrogens is 348 g/mol. The van der Waals surface area contributed by atoms with Gasteiger partial charge in [0, 0.05) is 24.7 Å². The lowest BCUT2D eigenvalue weighted by Crippen LogP contribution is -2.26. The smallest absolute Gasteiger partial charge is 0.263 e. The molecule has 24 heavy (non-hydrogen) atoms. The molecule has 0 bridgehead atoms. The third-order valence-corrected chi connectivity index (χ3v) is 4.41. The highest BCUT2D eigenvalue weighted by molar-refractivity contribution is 7.15. The Labute approximate surface area is 146 Å². The fourth-order valence-electron chi connectivity index (χ4n) is 2.09. The van der Waals surface area contributed by atoms with Crippen LogP contribution in [0.25, 0.3) is 0 Å². The van der Waals surface area contributed by atoms with Crippen molar-refractivity contribution in [2.45, 2.75) is 6.42 Å². The van der Waals surface area contributed by atoms with Crippen LogP contribution in [0.2, 0.25) is 5.02 Å². The lowest BCUT2D eigenvalue weighted by Gasteiger charge is -2.02. The van der Waals surface area contributed by atoms with Crippen LogP contribution < -0.4 is 10.9 Å². The van der Waals surface area contributed by atoms with Crippen molar-refractivity contribution in [3.8, 4) is 0 Å². The van der Waals surface area contributed by atoms with Gasteiger partial charge in [0.05, 0.1) is 0 Å². The maximum Gasteiger partial charge on any atom is 0.263 e. The number of hydrogen-bond acceptors (Lipinski definition) is 5. The minimum absolute atomic E-state index is 0.0643. The number of benzene rings is 1. The lowest BCUT2D eigenvalue weighted by atomic mass is 10.2. The number of nitrogens with zero attached hydrogens (tertiary/aromatic N) is 3. The van der Waals surface area contributed by atoms with E-state index in [0.717, 1.165) is 10.6 Å². The van der Waals surface area contributed by atoms with Crippen LogP contribution in [0.3, 0.4) is 0 Å². The SMILES string of the molecule is Cn1cccc(C(=O)Nc2nnc(Cc3ccc(Cl)cc3)s2)c1=O. The summed E-state index contributed by atoms with van der Waals surface area (Å²) in [7, 11) is 1.59. The molecule has 2 heterocycles. The molecule has 3 rings (SSSR count). The highest BCUT2D eigenvalue weighted by Crippen LogP contribution is 2.20. The molecule has 3 aromatic rings. The standard InChI is InChI=1S/C16H13ClN4O2S/c1-21-8-2-3-12(15(21)23)14(22)18-16-20-19-13(24-16)9-10-4-6-11(17)7-5-10/h2-8H,9H2,1H3,(H,18,20,22). The third kappa shape index (κ3) is 3.69. The van der Waals surface area contributed by atoms with E-state index in [4.69, 9.17) is 11.6 Å². The summed E-state index contributed by atoms with van der Waals surface area (Å²) in [5.74, 6) is -0.495. The van der Waals surface area contributed by atoms with Crippen molar-refractivity contribution >= 4 is 34.0 Å². The lowest BCUT2D eigenvalue weighted by molar-refractivity contribution is 0.102. The van der Waals surface area contributed by atoms with Crippen molar-refractivity contribution in [2.24, 2.45) is 7.05 Å². The van der Waals surface area contributed by atoms with Gasteiger partial charge in [-0.3, -0.25) is 14.9 Å². The topological polar surface area (TPSA) is 76.9 Å². The average Bonchev–Trinajstić information content (AvgIpc) is 2.99. The van der Waals surface area contributed by atoms with Crippen LogP contribution in [0.5, 0.6) is 0 Å². The first-order valence-electron chi connectivity index (χ1n) is 7.07. The number of hydrogen-bond donors (Lipinski definition) is 1. The molecule has 6 nitrogen and oxygen atoms in total. The number of nitrogens with one attached hydrogen (secondary N) is 1. The normalized spacial score (nSPS) is 10.6. The molecule has 0 saturated carbocycles. The molecule has 0 radical (unpaired) electrons.